The number of amides is 3. The summed E-state index contributed by atoms with van der Waals surface area (Å²) in [6.07, 6.45) is 19.8. The molecule has 0 spiro atoms. The minimum Gasteiger partial charge on any atom is -0.508 e. The van der Waals surface area contributed by atoms with Gasteiger partial charge in [0.15, 0.2) is 0 Å². The fourth-order valence-corrected chi connectivity index (χ4v) is 3.77. The molecule has 3 amide bonds. The number of hydrogen-bond acceptors (Lipinski definition) is 4. The lowest BCUT2D eigenvalue weighted by atomic mass is 10.0. The third-order valence-electron chi connectivity index (χ3n) is 5.82. The standard InChI is InChI=1S/C27H47N3O4/c1-2-3-4-5-6-7-8-9-10-11-12-13-14-15-16-17-26(32)29-30-27(33)28-22-23-34-25-20-18-24(31)19-21-25/h18-21,31H,2-17,22-23H2,1H3,(H,29,32)(H2,28,30,33). The van der Waals surface area contributed by atoms with Gasteiger partial charge in [0.1, 0.15) is 18.1 Å². The predicted octanol–water partition coefficient (Wildman–Crippen LogP) is 6.36. The van der Waals surface area contributed by atoms with Crippen molar-refractivity contribution in [2.24, 2.45) is 0 Å². The van der Waals surface area contributed by atoms with E-state index in [0.717, 1.165) is 12.8 Å². The quantitative estimate of drug-likeness (QED) is 0.130. The zero-order valence-electron chi connectivity index (χ0n) is 21.2. The second kappa shape index (κ2) is 21.1. The van der Waals surface area contributed by atoms with Gasteiger partial charge in [-0.15, -0.1) is 0 Å². The van der Waals surface area contributed by atoms with Crippen molar-refractivity contribution in [3.05, 3.63) is 24.3 Å². The Kier molecular flexibility index (Phi) is 18.4. The molecule has 0 aliphatic carbocycles. The van der Waals surface area contributed by atoms with E-state index in [1.807, 2.05) is 0 Å². The highest BCUT2D eigenvalue weighted by molar-refractivity contribution is 5.80. The van der Waals surface area contributed by atoms with Crippen LogP contribution in [-0.2, 0) is 4.79 Å². The van der Waals surface area contributed by atoms with Gasteiger partial charge in [-0.3, -0.25) is 10.2 Å². The summed E-state index contributed by atoms with van der Waals surface area (Å²) >= 11 is 0. The lowest BCUT2D eigenvalue weighted by molar-refractivity contribution is -0.121. The largest absolute Gasteiger partial charge is 0.508 e. The number of phenolic OH excluding ortho intramolecular Hbond substituents is 1. The van der Waals surface area contributed by atoms with Crippen molar-refractivity contribution in [3.63, 3.8) is 0 Å². The molecular weight excluding hydrogens is 430 g/mol. The van der Waals surface area contributed by atoms with Gasteiger partial charge in [-0.05, 0) is 30.7 Å². The van der Waals surface area contributed by atoms with Crippen LogP contribution >= 0.6 is 0 Å². The molecule has 34 heavy (non-hydrogen) atoms. The van der Waals surface area contributed by atoms with Crippen molar-refractivity contribution in [2.75, 3.05) is 13.2 Å². The van der Waals surface area contributed by atoms with Crippen LogP contribution in [0, 0.1) is 0 Å². The summed E-state index contributed by atoms with van der Waals surface area (Å²) in [5.41, 5.74) is 4.78. The topological polar surface area (TPSA) is 99.7 Å². The molecule has 0 aliphatic rings. The number of hydrogen-bond donors (Lipinski definition) is 4. The highest BCUT2D eigenvalue weighted by Crippen LogP contribution is 2.15. The molecule has 0 aliphatic heterocycles. The van der Waals surface area contributed by atoms with Gasteiger partial charge in [-0.2, -0.15) is 0 Å². The molecule has 1 rings (SSSR count). The summed E-state index contributed by atoms with van der Waals surface area (Å²) in [6.45, 7) is 2.84. The van der Waals surface area contributed by atoms with E-state index >= 15 is 0 Å². The normalized spacial score (nSPS) is 10.6. The van der Waals surface area contributed by atoms with E-state index in [2.05, 4.69) is 23.1 Å². The van der Waals surface area contributed by atoms with Crippen molar-refractivity contribution in [2.45, 2.75) is 110 Å². The Hall–Kier alpha value is -2.44. The Morgan fingerprint density at radius 3 is 1.76 bits per heavy atom. The Morgan fingerprint density at radius 2 is 1.24 bits per heavy atom. The van der Waals surface area contributed by atoms with Crippen molar-refractivity contribution >= 4 is 11.9 Å². The number of aromatic hydroxyl groups is 1. The van der Waals surface area contributed by atoms with E-state index in [1.54, 1.807) is 12.1 Å². The maximum Gasteiger partial charge on any atom is 0.333 e. The molecule has 0 unspecified atom stereocenters. The summed E-state index contributed by atoms with van der Waals surface area (Å²) in [5, 5.41) is 11.8. The van der Waals surface area contributed by atoms with E-state index < -0.39 is 6.03 Å². The SMILES string of the molecule is CCCCCCCCCCCCCCCCCC(=O)NNC(=O)NCCOc1ccc(O)cc1. The number of carbonyl (C=O) groups is 2. The average Bonchev–Trinajstić information content (AvgIpc) is 2.84. The summed E-state index contributed by atoms with van der Waals surface area (Å²) in [5.74, 6) is 0.604. The molecule has 7 heteroatoms. The monoisotopic (exact) mass is 477 g/mol. The summed E-state index contributed by atoms with van der Waals surface area (Å²) < 4.78 is 5.43. The minimum absolute atomic E-state index is 0.171. The second-order valence-electron chi connectivity index (χ2n) is 8.97. The zero-order valence-corrected chi connectivity index (χ0v) is 21.2. The second-order valence-corrected chi connectivity index (χ2v) is 8.97. The number of urea groups is 1. The number of ether oxygens (including phenoxy) is 1. The van der Waals surface area contributed by atoms with E-state index in [1.165, 1.54) is 95.6 Å². The maximum atomic E-state index is 11.8. The smallest absolute Gasteiger partial charge is 0.333 e. The fraction of sp³-hybridized carbons (Fsp3) is 0.704. The Labute approximate surface area is 206 Å². The zero-order chi connectivity index (χ0) is 24.7. The molecule has 0 aromatic heterocycles. The Morgan fingerprint density at radius 1 is 0.735 bits per heavy atom. The molecule has 0 bridgehead atoms. The molecule has 0 heterocycles. The Balaban J connectivity index is 1.82. The van der Waals surface area contributed by atoms with Crippen LogP contribution in [0.4, 0.5) is 4.79 Å². The van der Waals surface area contributed by atoms with Gasteiger partial charge in [0.05, 0.1) is 6.54 Å². The molecule has 194 valence electrons. The van der Waals surface area contributed by atoms with Crippen LogP contribution in [0.15, 0.2) is 24.3 Å². The number of unbranched alkanes of at least 4 members (excludes halogenated alkanes) is 14. The first-order valence-electron chi connectivity index (χ1n) is 13.4. The molecule has 0 saturated carbocycles. The predicted molar refractivity (Wildman–Crippen MR) is 138 cm³/mol. The lowest BCUT2D eigenvalue weighted by Crippen LogP contribution is -2.47. The van der Waals surface area contributed by atoms with Crippen LogP contribution in [0.5, 0.6) is 11.5 Å². The van der Waals surface area contributed by atoms with Gasteiger partial charge in [-0.25, -0.2) is 10.2 Å². The summed E-state index contributed by atoms with van der Waals surface area (Å²) in [4.78, 5) is 23.5. The molecule has 0 saturated heterocycles. The minimum atomic E-state index is -0.473. The first kappa shape index (κ1) is 29.6. The van der Waals surface area contributed by atoms with Crippen molar-refractivity contribution in [1.82, 2.24) is 16.2 Å². The molecule has 4 N–H and O–H groups in total. The molecular formula is C27H47N3O4. The molecule has 7 nitrogen and oxygen atoms in total. The van der Waals surface area contributed by atoms with Crippen LogP contribution in [-0.4, -0.2) is 30.2 Å². The summed E-state index contributed by atoms with van der Waals surface area (Å²) in [6, 6.07) is 5.88. The average molecular weight is 478 g/mol. The van der Waals surface area contributed by atoms with Gasteiger partial charge in [0, 0.05) is 6.42 Å². The van der Waals surface area contributed by atoms with E-state index in [9.17, 15) is 14.7 Å². The summed E-state index contributed by atoms with van der Waals surface area (Å²) in [7, 11) is 0. The molecule has 1 aromatic rings. The van der Waals surface area contributed by atoms with Gasteiger partial charge in [0.2, 0.25) is 5.91 Å². The fourth-order valence-electron chi connectivity index (χ4n) is 3.77. The van der Waals surface area contributed by atoms with E-state index in [-0.39, 0.29) is 18.3 Å². The van der Waals surface area contributed by atoms with Crippen LogP contribution in [0.1, 0.15) is 110 Å². The molecule has 0 atom stereocenters. The third kappa shape index (κ3) is 18.0. The van der Waals surface area contributed by atoms with Gasteiger partial charge >= 0.3 is 6.03 Å². The number of rotatable bonds is 20. The van der Waals surface area contributed by atoms with Crippen molar-refractivity contribution in [1.29, 1.82) is 0 Å². The van der Waals surface area contributed by atoms with Gasteiger partial charge in [0.25, 0.3) is 0 Å². The van der Waals surface area contributed by atoms with Crippen LogP contribution in [0.3, 0.4) is 0 Å². The number of carbonyl (C=O) groups excluding carboxylic acids is 2. The van der Waals surface area contributed by atoms with Crippen LogP contribution < -0.4 is 20.9 Å². The molecule has 0 radical (unpaired) electrons. The highest BCUT2D eigenvalue weighted by atomic mass is 16.5. The number of hydrazine groups is 1. The lowest BCUT2D eigenvalue weighted by Gasteiger charge is -2.10. The molecule has 0 fully saturated rings. The number of benzene rings is 1. The first-order chi connectivity index (χ1) is 16.6. The Bertz CT molecular complexity index is 637. The molecule has 1 aromatic carbocycles. The van der Waals surface area contributed by atoms with Crippen molar-refractivity contribution < 1.29 is 19.4 Å². The maximum absolute atomic E-state index is 11.8. The first-order valence-corrected chi connectivity index (χ1v) is 13.4. The van der Waals surface area contributed by atoms with Gasteiger partial charge in [-0.1, -0.05) is 96.8 Å². The third-order valence-corrected chi connectivity index (χ3v) is 5.82. The number of phenols is 1. The van der Waals surface area contributed by atoms with Crippen molar-refractivity contribution in [3.8, 4) is 11.5 Å². The van der Waals surface area contributed by atoms with E-state index in [0.29, 0.717) is 18.7 Å². The highest BCUT2D eigenvalue weighted by Gasteiger charge is 2.04. The van der Waals surface area contributed by atoms with Crippen LogP contribution in [0.25, 0.3) is 0 Å². The van der Waals surface area contributed by atoms with Crippen LogP contribution in [0.2, 0.25) is 0 Å². The van der Waals surface area contributed by atoms with E-state index in [4.69, 9.17) is 4.74 Å². The number of nitrogens with one attached hydrogen (secondary N) is 3. The van der Waals surface area contributed by atoms with Gasteiger partial charge < -0.3 is 15.2 Å².